The van der Waals surface area contributed by atoms with E-state index in [1.54, 1.807) is 6.08 Å². The van der Waals surface area contributed by atoms with Gasteiger partial charge in [-0.2, -0.15) is 0 Å². The Hall–Kier alpha value is -0.980. The largest absolute Gasteiger partial charge is 0.494 e. The van der Waals surface area contributed by atoms with E-state index in [0.29, 0.717) is 0 Å². The molecule has 0 aliphatic carbocycles. The number of ether oxygens (including phenoxy) is 1. The molecule has 0 atom stereocenters. The molecule has 0 N–H and O–H groups in total. The molecule has 0 bridgehead atoms. The molecule has 10 heavy (non-hydrogen) atoms. The highest BCUT2D eigenvalue weighted by Crippen LogP contribution is 2.21. The molecule has 1 heterocycles. The van der Waals surface area contributed by atoms with Crippen LogP contribution in [0.4, 0.5) is 0 Å². The maximum Gasteiger partial charge on any atom is 0.115 e. The van der Waals surface area contributed by atoms with E-state index in [9.17, 15) is 0 Å². The number of hydrogen-bond donors (Lipinski definition) is 0. The number of allylic oxidation sites excluding steroid dienone is 3. The van der Waals surface area contributed by atoms with Gasteiger partial charge >= 0.3 is 0 Å². The monoisotopic (exact) mass is 136 g/mol. The van der Waals surface area contributed by atoms with Crippen LogP contribution in [0.15, 0.2) is 36.6 Å². The minimum absolute atomic E-state index is 0.811. The summed E-state index contributed by atoms with van der Waals surface area (Å²) in [5, 5.41) is 0. The third kappa shape index (κ3) is 1.50. The molecule has 1 aliphatic rings. The molecule has 0 saturated carbocycles. The van der Waals surface area contributed by atoms with Crippen molar-refractivity contribution in [3.63, 3.8) is 0 Å². The second-order valence-corrected chi connectivity index (χ2v) is 2.30. The molecular weight excluding hydrogens is 124 g/mol. The van der Waals surface area contributed by atoms with Gasteiger partial charge in [0.05, 0.1) is 6.61 Å². The summed E-state index contributed by atoms with van der Waals surface area (Å²) in [4.78, 5) is 0. The zero-order valence-corrected chi connectivity index (χ0v) is 6.10. The van der Waals surface area contributed by atoms with E-state index in [1.165, 1.54) is 5.57 Å². The van der Waals surface area contributed by atoms with Crippen LogP contribution >= 0.6 is 0 Å². The van der Waals surface area contributed by atoms with E-state index >= 15 is 0 Å². The summed E-state index contributed by atoms with van der Waals surface area (Å²) < 4.78 is 5.23. The molecule has 0 aromatic heterocycles. The van der Waals surface area contributed by atoms with Gasteiger partial charge in [-0.25, -0.2) is 0 Å². The third-order valence-corrected chi connectivity index (χ3v) is 1.54. The van der Waals surface area contributed by atoms with Crippen molar-refractivity contribution >= 4 is 0 Å². The minimum Gasteiger partial charge on any atom is -0.494 e. The van der Waals surface area contributed by atoms with Crippen LogP contribution in [-0.4, -0.2) is 6.61 Å². The van der Waals surface area contributed by atoms with Crippen molar-refractivity contribution < 1.29 is 4.74 Å². The summed E-state index contributed by atoms with van der Waals surface area (Å²) in [6, 6.07) is 0. The lowest BCUT2D eigenvalue weighted by molar-refractivity contribution is 0.195. The maximum atomic E-state index is 5.23. The first kappa shape index (κ1) is 7.13. The minimum atomic E-state index is 0.811. The first-order valence-corrected chi connectivity index (χ1v) is 3.48. The number of hydrogen-bond acceptors (Lipinski definition) is 1. The Labute approximate surface area is 61.7 Å². The Morgan fingerprint density at radius 2 is 2.30 bits per heavy atom. The van der Waals surface area contributed by atoms with Crippen molar-refractivity contribution in [2.45, 2.75) is 12.8 Å². The molecule has 1 fully saturated rings. The molecule has 1 rings (SSSR count). The highest BCUT2D eigenvalue weighted by molar-refractivity contribution is 5.27. The van der Waals surface area contributed by atoms with Crippen LogP contribution in [-0.2, 0) is 4.74 Å². The van der Waals surface area contributed by atoms with E-state index < -0.39 is 0 Å². The van der Waals surface area contributed by atoms with Gasteiger partial charge in [-0.15, -0.1) is 0 Å². The standard InChI is InChI=1S/C9H12O/c1-3-5-9-6-4-7-10-8(9)2/h3,5H,1-2,4,6-7H2. The smallest absolute Gasteiger partial charge is 0.115 e. The van der Waals surface area contributed by atoms with Gasteiger partial charge in [0.15, 0.2) is 0 Å². The van der Waals surface area contributed by atoms with E-state index in [-0.39, 0.29) is 0 Å². The van der Waals surface area contributed by atoms with Crippen LogP contribution in [0.2, 0.25) is 0 Å². The summed E-state index contributed by atoms with van der Waals surface area (Å²) in [5.41, 5.74) is 1.18. The lowest BCUT2D eigenvalue weighted by atomic mass is 10.1. The van der Waals surface area contributed by atoms with Crippen molar-refractivity contribution in [1.29, 1.82) is 0 Å². The molecule has 0 aromatic carbocycles. The van der Waals surface area contributed by atoms with Gasteiger partial charge in [0.25, 0.3) is 0 Å². The quantitative estimate of drug-likeness (QED) is 0.538. The molecule has 0 spiro atoms. The van der Waals surface area contributed by atoms with Gasteiger partial charge in [0, 0.05) is 0 Å². The lowest BCUT2D eigenvalue weighted by Crippen LogP contribution is -2.04. The highest BCUT2D eigenvalue weighted by atomic mass is 16.5. The average Bonchev–Trinajstić information content (AvgIpc) is 1.94. The van der Waals surface area contributed by atoms with Crippen LogP contribution in [0.3, 0.4) is 0 Å². The molecule has 1 heteroatoms. The predicted octanol–water partition coefficient (Wildman–Crippen LogP) is 2.42. The van der Waals surface area contributed by atoms with E-state index in [1.807, 2.05) is 6.08 Å². The second-order valence-electron chi connectivity index (χ2n) is 2.30. The van der Waals surface area contributed by atoms with Gasteiger partial charge in [-0.05, 0) is 18.4 Å². The fourth-order valence-electron chi connectivity index (χ4n) is 1.01. The first-order chi connectivity index (χ1) is 4.84. The van der Waals surface area contributed by atoms with E-state index in [0.717, 1.165) is 25.2 Å². The fourth-order valence-corrected chi connectivity index (χ4v) is 1.01. The summed E-state index contributed by atoms with van der Waals surface area (Å²) in [6.07, 6.45) is 5.90. The van der Waals surface area contributed by atoms with Gasteiger partial charge in [-0.1, -0.05) is 25.3 Å². The zero-order chi connectivity index (χ0) is 7.40. The SMILES string of the molecule is C=CC=C1CCCOC1=C. The average molecular weight is 136 g/mol. The first-order valence-electron chi connectivity index (χ1n) is 3.48. The molecule has 0 unspecified atom stereocenters. The zero-order valence-electron chi connectivity index (χ0n) is 6.10. The Bertz CT molecular complexity index is 177. The van der Waals surface area contributed by atoms with Crippen molar-refractivity contribution in [2.24, 2.45) is 0 Å². The molecule has 1 saturated heterocycles. The van der Waals surface area contributed by atoms with E-state index in [2.05, 4.69) is 13.2 Å². The maximum absolute atomic E-state index is 5.23. The highest BCUT2D eigenvalue weighted by Gasteiger charge is 2.08. The van der Waals surface area contributed by atoms with Crippen LogP contribution in [0.25, 0.3) is 0 Å². The topological polar surface area (TPSA) is 9.23 Å². The van der Waals surface area contributed by atoms with E-state index in [4.69, 9.17) is 4.74 Å². The molecule has 1 aliphatic heterocycles. The summed E-state index contributed by atoms with van der Waals surface area (Å²) in [7, 11) is 0. The van der Waals surface area contributed by atoms with Crippen LogP contribution < -0.4 is 0 Å². The second kappa shape index (κ2) is 3.25. The summed E-state index contributed by atoms with van der Waals surface area (Å²) in [5.74, 6) is 0.811. The molecule has 0 aromatic rings. The van der Waals surface area contributed by atoms with Crippen LogP contribution in [0.5, 0.6) is 0 Å². The van der Waals surface area contributed by atoms with Gasteiger partial charge in [0.1, 0.15) is 5.76 Å². The van der Waals surface area contributed by atoms with Gasteiger partial charge in [-0.3, -0.25) is 0 Å². The summed E-state index contributed by atoms with van der Waals surface area (Å²) >= 11 is 0. The molecule has 0 radical (unpaired) electrons. The van der Waals surface area contributed by atoms with Crippen molar-refractivity contribution in [3.8, 4) is 0 Å². The summed E-state index contributed by atoms with van der Waals surface area (Å²) in [6.45, 7) is 8.20. The van der Waals surface area contributed by atoms with Crippen molar-refractivity contribution in [3.05, 3.63) is 36.6 Å². The van der Waals surface area contributed by atoms with Gasteiger partial charge in [0.2, 0.25) is 0 Å². The Kier molecular flexibility index (Phi) is 2.32. The van der Waals surface area contributed by atoms with Crippen LogP contribution in [0.1, 0.15) is 12.8 Å². The van der Waals surface area contributed by atoms with Crippen molar-refractivity contribution in [2.75, 3.05) is 6.61 Å². The molecule has 54 valence electrons. The molecule has 0 amide bonds. The Morgan fingerprint density at radius 3 is 2.90 bits per heavy atom. The molecular formula is C9H12O. The normalized spacial score (nSPS) is 22.4. The Morgan fingerprint density at radius 1 is 1.50 bits per heavy atom. The fraction of sp³-hybridized carbons (Fsp3) is 0.333. The lowest BCUT2D eigenvalue weighted by Gasteiger charge is -2.17. The van der Waals surface area contributed by atoms with Crippen molar-refractivity contribution in [1.82, 2.24) is 0 Å². The predicted molar refractivity (Wildman–Crippen MR) is 42.6 cm³/mol. The van der Waals surface area contributed by atoms with Crippen LogP contribution in [0, 0.1) is 0 Å². The Balaban J connectivity index is 2.64. The number of rotatable bonds is 1. The molecule has 1 nitrogen and oxygen atoms in total. The third-order valence-electron chi connectivity index (χ3n) is 1.54. The van der Waals surface area contributed by atoms with Gasteiger partial charge < -0.3 is 4.74 Å².